The molecule has 0 spiro atoms. The SMILES string of the molecule is O=C(OCC(=O)c1cccc(F)c1)C1=Cc2ccccc2OC1. The lowest BCUT2D eigenvalue weighted by atomic mass is 10.1. The Bertz CT molecular complexity index is 795. The molecule has 0 aromatic heterocycles. The van der Waals surface area contributed by atoms with E-state index in [9.17, 15) is 14.0 Å². The molecule has 0 aliphatic carbocycles. The monoisotopic (exact) mass is 312 g/mol. The third-order valence-corrected chi connectivity index (χ3v) is 3.38. The molecule has 5 heteroatoms. The minimum Gasteiger partial charge on any atom is -0.488 e. The number of para-hydroxylation sites is 1. The van der Waals surface area contributed by atoms with Gasteiger partial charge in [-0.15, -0.1) is 0 Å². The quantitative estimate of drug-likeness (QED) is 0.643. The molecule has 3 rings (SSSR count). The van der Waals surface area contributed by atoms with Crippen molar-refractivity contribution >= 4 is 17.8 Å². The third kappa shape index (κ3) is 3.45. The van der Waals surface area contributed by atoms with E-state index in [-0.39, 0.29) is 12.2 Å². The predicted molar refractivity (Wildman–Crippen MR) is 81.6 cm³/mol. The molecular formula is C18H13FO4. The topological polar surface area (TPSA) is 52.6 Å². The Morgan fingerprint density at radius 1 is 1.13 bits per heavy atom. The average Bonchev–Trinajstić information content (AvgIpc) is 2.59. The van der Waals surface area contributed by atoms with Crippen LogP contribution in [0.5, 0.6) is 5.75 Å². The largest absolute Gasteiger partial charge is 0.488 e. The summed E-state index contributed by atoms with van der Waals surface area (Å²) >= 11 is 0. The molecule has 0 unspecified atom stereocenters. The Balaban J connectivity index is 1.64. The number of halogens is 1. The Morgan fingerprint density at radius 3 is 2.78 bits per heavy atom. The number of benzene rings is 2. The first kappa shape index (κ1) is 15.0. The van der Waals surface area contributed by atoms with Gasteiger partial charge in [0.2, 0.25) is 0 Å². The molecule has 2 aromatic rings. The Morgan fingerprint density at radius 2 is 1.96 bits per heavy atom. The molecular weight excluding hydrogens is 299 g/mol. The lowest BCUT2D eigenvalue weighted by Crippen LogP contribution is -2.20. The van der Waals surface area contributed by atoms with Gasteiger partial charge in [0.25, 0.3) is 0 Å². The van der Waals surface area contributed by atoms with Gasteiger partial charge in [0.1, 0.15) is 18.2 Å². The highest BCUT2D eigenvalue weighted by molar-refractivity contribution is 6.00. The summed E-state index contributed by atoms with van der Waals surface area (Å²) in [7, 11) is 0. The summed E-state index contributed by atoms with van der Waals surface area (Å²) in [5.41, 5.74) is 1.27. The lowest BCUT2D eigenvalue weighted by molar-refractivity contribution is -0.138. The van der Waals surface area contributed by atoms with Gasteiger partial charge in [0.15, 0.2) is 12.4 Å². The number of ether oxygens (including phenoxy) is 2. The summed E-state index contributed by atoms with van der Waals surface area (Å²) in [6.07, 6.45) is 1.67. The zero-order valence-electron chi connectivity index (χ0n) is 12.1. The number of ketones is 1. The number of rotatable bonds is 4. The fourth-order valence-electron chi connectivity index (χ4n) is 2.20. The summed E-state index contributed by atoms with van der Waals surface area (Å²) in [5, 5.41) is 0. The lowest BCUT2D eigenvalue weighted by Gasteiger charge is -2.16. The molecule has 0 radical (unpaired) electrons. The van der Waals surface area contributed by atoms with E-state index in [0.29, 0.717) is 11.3 Å². The van der Waals surface area contributed by atoms with E-state index >= 15 is 0 Å². The van der Waals surface area contributed by atoms with Gasteiger partial charge in [-0.3, -0.25) is 4.79 Å². The number of carbonyl (C=O) groups excluding carboxylic acids is 2. The summed E-state index contributed by atoms with van der Waals surface area (Å²) < 4.78 is 23.5. The predicted octanol–water partition coefficient (Wildman–Crippen LogP) is 3.03. The van der Waals surface area contributed by atoms with Crippen molar-refractivity contribution in [3.05, 3.63) is 71.0 Å². The Labute approximate surface area is 132 Å². The molecule has 1 aliphatic heterocycles. The minimum atomic E-state index is -0.621. The first-order valence-electron chi connectivity index (χ1n) is 7.02. The van der Waals surface area contributed by atoms with Crippen molar-refractivity contribution < 1.29 is 23.5 Å². The van der Waals surface area contributed by atoms with Crippen LogP contribution in [0.4, 0.5) is 4.39 Å². The number of esters is 1. The van der Waals surface area contributed by atoms with Gasteiger partial charge in [-0.2, -0.15) is 0 Å². The fourth-order valence-corrected chi connectivity index (χ4v) is 2.20. The van der Waals surface area contributed by atoms with Crippen molar-refractivity contribution in [1.82, 2.24) is 0 Å². The van der Waals surface area contributed by atoms with E-state index < -0.39 is 24.2 Å². The van der Waals surface area contributed by atoms with Crippen LogP contribution < -0.4 is 4.74 Å². The van der Waals surface area contributed by atoms with Crippen LogP contribution in [-0.4, -0.2) is 25.0 Å². The smallest absolute Gasteiger partial charge is 0.337 e. The van der Waals surface area contributed by atoms with Gasteiger partial charge < -0.3 is 9.47 Å². The number of Topliss-reactive ketones (excluding diaryl/α,β-unsaturated/α-hetero) is 1. The molecule has 1 heterocycles. The van der Waals surface area contributed by atoms with Crippen molar-refractivity contribution in [2.24, 2.45) is 0 Å². The second kappa shape index (κ2) is 6.44. The van der Waals surface area contributed by atoms with E-state index in [1.54, 1.807) is 12.1 Å². The number of fused-ring (bicyclic) bond motifs is 1. The number of hydrogen-bond acceptors (Lipinski definition) is 4. The maximum absolute atomic E-state index is 13.1. The molecule has 2 aromatic carbocycles. The van der Waals surface area contributed by atoms with E-state index in [1.165, 1.54) is 18.2 Å². The van der Waals surface area contributed by atoms with Crippen molar-refractivity contribution in [3.8, 4) is 5.75 Å². The van der Waals surface area contributed by atoms with Gasteiger partial charge in [-0.1, -0.05) is 30.3 Å². The number of carbonyl (C=O) groups is 2. The summed E-state index contributed by atoms with van der Waals surface area (Å²) in [6.45, 7) is -0.356. The van der Waals surface area contributed by atoms with Crippen molar-refractivity contribution in [2.75, 3.05) is 13.2 Å². The zero-order chi connectivity index (χ0) is 16.2. The van der Waals surface area contributed by atoms with Crippen molar-refractivity contribution in [2.45, 2.75) is 0 Å². The Kier molecular flexibility index (Phi) is 4.19. The first-order valence-corrected chi connectivity index (χ1v) is 7.02. The van der Waals surface area contributed by atoms with Crippen LogP contribution in [0.1, 0.15) is 15.9 Å². The second-order valence-electron chi connectivity index (χ2n) is 5.01. The van der Waals surface area contributed by atoms with Gasteiger partial charge >= 0.3 is 5.97 Å². The molecule has 0 saturated heterocycles. The zero-order valence-corrected chi connectivity index (χ0v) is 12.1. The van der Waals surface area contributed by atoms with Crippen LogP contribution in [0.25, 0.3) is 6.08 Å². The van der Waals surface area contributed by atoms with Crippen LogP contribution in [0.15, 0.2) is 54.1 Å². The van der Waals surface area contributed by atoms with E-state index in [0.717, 1.165) is 11.6 Å². The second-order valence-corrected chi connectivity index (χ2v) is 5.01. The molecule has 1 aliphatic rings. The van der Waals surface area contributed by atoms with Crippen LogP contribution in [0.3, 0.4) is 0 Å². The highest BCUT2D eigenvalue weighted by Crippen LogP contribution is 2.26. The molecule has 0 N–H and O–H groups in total. The Hall–Kier alpha value is -2.95. The molecule has 4 nitrogen and oxygen atoms in total. The van der Waals surface area contributed by atoms with Crippen molar-refractivity contribution in [3.63, 3.8) is 0 Å². The summed E-state index contributed by atoms with van der Waals surface area (Å²) in [5.74, 6) is -0.901. The van der Waals surface area contributed by atoms with Crippen LogP contribution in [-0.2, 0) is 9.53 Å². The highest BCUT2D eigenvalue weighted by Gasteiger charge is 2.19. The third-order valence-electron chi connectivity index (χ3n) is 3.38. The van der Waals surface area contributed by atoms with E-state index in [4.69, 9.17) is 9.47 Å². The van der Waals surface area contributed by atoms with Gasteiger partial charge in [0.05, 0.1) is 5.57 Å². The minimum absolute atomic E-state index is 0.0873. The van der Waals surface area contributed by atoms with Crippen LogP contribution >= 0.6 is 0 Å². The standard InChI is InChI=1S/C18H13FO4/c19-15-6-3-5-12(9-15)16(20)11-23-18(21)14-8-13-4-1-2-7-17(13)22-10-14/h1-9H,10-11H2. The average molecular weight is 312 g/mol. The molecule has 0 amide bonds. The fraction of sp³-hybridized carbons (Fsp3) is 0.111. The molecule has 0 atom stereocenters. The summed E-state index contributed by atoms with van der Waals surface area (Å²) in [4.78, 5) is 23.9. The van der Waals surface area contributed by atoms with Crippen LogP contribution in [0.2, 0.25) is 0 Å². The van der Waals surface area contributed by atoms with Crippen molar-refractivity contribution in [1.29, 1.82) is 0 Å². The normalized spacial score (nSPS) is 12.7. The molecule has 0 saturated carbocycles. The molecule has 116 valence electrons. The maximum atomic E-state index is 13.1. The van der Waals surface area contributed by atoms with Gasteiger partial charge in [-0.25, -0.2) is 9.18 Å². The van der Waals surface area contributed by atoms with Gasteiger partial charge in [0, 0.05) is 11.1 Å². The molecule has 0 fully saturated rings. The highest BCUT2D eigenvalue weighted by atomic mass is 19.1. The maximum Gasteiger partial charge on any atom is 0.337 e. The van der Waals surface area contributed by atoms with E-state index in [2.05, 4.69) is 0 Å². The van der Waals surface area contributed by atoms with Crippen LogP contribution in [0, 0.1) is 5.82 Å². The first-order chi connectivity index (χ1) is 11.1. The number of hydrogen-bond donors (Lipinski definition) is 0. The van der Waals surface area contributed by atoms with Gasteiger partial charge in [-0.05, 0) is 24.3 Å². The molecule has 0 bridgehead atoms. The van der Waals surface area contributed by atoms with E-state index in [1.807, 2.05) is 18.2 Å². The molecule has 23 heavy (non-hydrogen) atoms. The summed E-state index contributed by atoms with van der Waals surface area (Å²) in [6, 6.07) is 12.5.